The van der Waals surface area contributed by atoms with E-state index in [2.05, 4.69) is 35.0 Å². The zero-order valence-corrected chi connectivity index (χ0v) is 17.4. The van der Waals surface area contributed by atoms with Gasteiger partial charge in [-0.05, 0) is 74.9 Å². The molecule has 0 bridgehead atoms. The molecule has 1 aromatic carbocycles. The summed E-state index contributed by atoms with van der Waals surface area (Å²) < 4.78 is 5.33. The lowest BCUT2D eigenvalue weighted by Crippen LogP contribution is -2.43. The molecule has 1 saturated heterocycles. The molecule has 1 unspecified atom stereocenters. The highest BCUT2D eigenvalue weighted by Crippen LogP contribution is 2.20. The van der Waals surface area contributed by atoms with Crippen molar-refractivity contribution in [3.8, 4) is 5.75 Å². The molecule has 0 saturated carbocycles. The Morgan fingerprint density at radius 3 is 2.93 bits per heavy atom. The largest absolute Gasteiger partial charge is 0.497 e. The van der Waals surface area contributed by atoms with E-state index in [-0.39, 0.29) is 5.91 Å². The van der Waals surface area contributed by atoms with Gasteiger partial charge in [0.05, 0.1) is 7.11 Å². The van der Waals surface area contributed by atoms with Crippen molar-refractivity contribution in [3.05, 3.63) is 53.3 Å². The van der Waals surface area contributed by atoms with E-state index in [0.717, 1.165) is 50.5 Å². The average Bonchev–Trinajstić information content (AvgIpc) is 3.17. The number of ether oxygens (including phenoxy) is 1. The molecule has 0 aliphatic carbocycles. The monoisotopic (exact) mass is 383 g/mol. The van der Waals surface area contributed by atoms with Gasteiger partial charge in [0.25, 0.3) is 5.91 Å². The zero-order valence-electron chi connectivity index (χ0n) is 17.4. The molecule has 1 aliphatic rings. The van der Waals surface area contributed by atoms with E-state index in [1.807, 2.05) is 30.2 Å². The van der Waals surface area contributed by atoms with Crippen molar-refractivity contribution in [2.45, 2.75) is 33.1 Å². The second-order valence-electron chi connectivity index (χ2n) is 7.84. The smallest absolute Gasteiger partial charge is 0.270 e. The molecule has 5 nitrogen and oxygen atoms in total. The number of hydrogen-bond acceptors (Lipinski definition) is 3. The number of piperidine rings is 1. The first-order valence-electron chi connectivity index (χ1n) is 10.4. The second kappa shape index (κ2) is 9.78. The molecule has 1 aromatic heterocycles. The van der Waals surface area contributed by atoms with Crippen LogP contribution in [0.2, 0.25) is 0 Å². The van der Waals surface area contributed by atoms with E-state index in [4.69, 9.17) is 4.74 Å². The molecule has 1 fully saturated rings. The first kappa shape index (κ1) is 20.5. The molecule has 0 radical (unpaired) electrons. The molecular formula is C23H33N3O2. The Morgan fingerprint density at radius 2 is 2.21 bits per heavy atom. The summed E-state index contributed by atoms with van der Waals surface area (Å²) in [7, 11) is 1.71. The van der Waals surface area contributed by atoms with Crippen LogP contribution in [-0.2, 0) is 6.42 Å². The highest BCUT2D eigenvalue weighted by molar-refractivity contribution is 5.92. The van der Waals surface area contributed by atoms with Crippen molar-refractivity contribution in [2.75, 3.05) is 39.8 Å². The van der Waals surface area contributed by atoms with Crippen molar-refractivity contribution < 1.29 is 9.53 Å². The standard InChI is InChI=1S/C23H33N3O2/c1-4-26(23(27)22-13-18(2)15-24-22)17-20-8-6-11-25(16-20)12-10-19-7-5-9-21(14-19)28-3/h5,7,9,13-15,20,24H,4,6,8,10-12,16-17H2,1-3H3. The van der Waals surface area contributed by atoms with Gasteiger partial charge in [0.2, 0.25) is 0 Å². The van der Waals surface area contributed by atoms with E-state index in [1.165, 1.54) is 18.4 Å². The summed E-state index contributed by atoms with van der Waals surface area (Å²) in [4.78, 5) is 20.4. The number of amides is 1. The number of aromatic amines is 1. The van der Waals surface area contributed by atoms with Crippen molar-refractivity contribution >= 4 is 5.91 Å². The van der Waals surface area contributed by atoms with Crippen LogP contribution in [-0.4, -0.2) is 60.5 Å². The minimum atomic E-state index is 0.115. The van der Waals surface area contributed by atoms with Crippen LogP contribution in [0.15, 0.2) is 36.5 Å². The zero-order chi connectivity index (χ0) is 19.9. The van der Waals surface area contributed by atoms with Crippen molar-refractivity contribution in [2.24, 2.45) is 5.92 Å². The lowest BCUT2D eigenvalue weighted by molar-refractivity contribution is 0.0685. The molecular weight excluding hydrogens is 350 g/mol. The molecule has 1 N–H and O–H groups in total. The number of aryl methyl sites for hydroxylation is 1. The molecule has 5 heteroatoms. The number of hydrogen-bond donors (Lipinski definition) is 1. The number of carbonyl (C=O) groups is 1. The minimum absolute atomic E-state index is 0.115. The highest BCUT2D eigenvalue weighted by atomic mass is 16.5. The molecule has 2 aromatic rings. The third-order valence-electron chi connectivity index (χ3n) is 5.66. The Balaban J connectivity index is 1.52. The van der Waals surface area contributed by atoms with Gasteiger partial charge >= 0.3 is 0 Å². The van der Waals surface area contributed by atoms with Gasteiger partial charge in [-0.3, -0.25) is 4.79 Å². The van der Waals surface area contributed by atoms with Gasteiger partial charge < -0.3 is 19.5 Å². The van der Waals surface area contributed by atoms with Gasteiger partial charge in [-0.1, -0.05) is 12.1 Å². The number of H-pyrrole nitrogens is 1. The normalized spacial score (nSPS) is 17.5. The summed E-state index contributed by atoms with van der Waals surface area (Å²) in [6.07, 6.45) is 5.32. The van der Waals surface area contributed by atoms with Crippen LogP contribution >= 0.6 is 0 Å². The molecule has 1 atom stereocenters. The Kier molecular flexibility index (Phi) is 7.15. The Morgan fingerprint density at radius 1 is 1.36 bits per heavy atom. The van der Waals surface area contributed by atoms with Crippen LogP contribution in [0.25, 0.3) is 0 Å². The van der Waals surface area contributed by atoms with E-state index in [1.54, 1.807) is 7.11 Å². The molecule has 2 heterocycles. The predicted octanol–water partition coefficient (Wildman–Crippen LogP) is 3.75. The third kappa shape index (κ3) is 5.38. The topological polar surface area (TPSA) is 48.6 Å². The fourth-order valence-electron chi connectivity index (χ4n) is 4.08. The second-order valence-corrected chi connectivity index (χ2v) is 7.84. The quantitative estimate of drug-likeness (QED) is 0.755. The van der Waals surface area contributed by atoms with E-state index in [0.29, 0.717) is 11.6 Å². The molecule has 3 rings (SSSR count). The van der Waals surface area contributed by atoms with Crippen LogP contribution in [0.5, 0.6) is 5.75 Å². The lowest BCUT2D eigenvalue weighted by atomic mass is 9.96. The summed E-state index contributed by atoms with van der Waals surface area (Å²) in [6.45, 7) is 8.93. The minimum Gasteiger partial charge on any atom is -0.497 e. The molecule has 28 heavy (non-hydrogen) atoms. The molecule has 1 aliphatic heterocycles. The van der Waals surface area contributed by atoms with Crippen molar-refractivity contribution in [1.82, 2.24) is 14.8 Å². The SMILES string of the molecule is CCN(CC1CCCN(CCc2cccc(OC)c2)C1)C(=O)c1cc(C)c[nH]1. The van der Waals surface area contributed by atoms with Crippen LogP contribution < -0.4 is 4.74 Å². The maximum Gasteiger partial charge on any atom is 0.270 e. The average molecular weight is 384 g/mol. The van der Waals surface area contributed by atoms with Gasteiger partial charge in [0.1, 0.15) is 11.4 Å². The number of benzene rings is 1. The van der Waals surface area contributed by atoms with Crippen molar-refractivity contribution in [1.29, 1.82) is 0 Å². The Hall–Kier alpha value is -2.27. The number of aromatic nitrogens is 1. The van der Waals surface area contributed by atoms with E-state index in [9.17, 15) is 4.79 Å². The third-order valence-corrected chi connectivity index (χ3v) is 5.66. The first-order valence-corrected chi connectivity index (χ1v) is 10.4. The number of methoxy groups -OCH3 is 1. The van der Waals surface area contributed by atoms with Crippen LogP contribution in [0.4, 0.5) is 0 Å². The summed E-state index contributed by atoms with van der Waals surface area (Å²) >= 11 is 0. The molecule has 0 spiro atoms. The lowest BCUT2D eigenvalue weighted by Gasteiger charge is -2.35. The number of likely N-dealkylation sites (tertiary alicyclic amines) is 1. The number of rotatable bonds is 8. The first-order chi connectivity index (χ1) is 13.6. The Labute approximate surface area is 168 Å². The van der Waals surface area contributed by atoms with Gasteiger partial charge in [-0.25, -0.2) is 0 Å². The van der Waals surface area contributed by atoms with Gasteiger partial charge in [0.15, 0.2) is 0 Å². The number of nitrogens with one attached hydrogen (secondary N) is 1. The summed E-state index contributed by atoms with van der Waals surface area (Å²) in [6, 6.07) is 10.3. The summed E-state index contributed by atoms with van der Waals surface area (Å²) in [5, 5.41) is 0. The summed E-state index contributed by atoms with van der Waals surface area (Å²) in [5.74, 6) is 1.58. The Bertz CT molecular complexity index is 771. The fourth-order valence-corrected chi connectivity index (χ4v) is 4.08. The van der Waals surface area contributed by atoms with Gasteiger partial charge in [0, 0.05) is 32.4 Å². The van der Waals surface area contributed by atoms with E-state index >= 15 is 0 Å². The number of nitrogens with zero attached hydrogens (tertiary/aromatic N) is 2. The van der Waals surface area contributed by atoms with Gasteiger partial charge in [-0.2, -0.15) is 0 Å². The number of carbonyl (C=O) groups excluding carboxylic acids is 1. The summed E-state index contributed by atoms with van der Waals surface area (Å²) in [5.41, 5.74) is 3.11. The molecule has 152 valence electrons. The van der Waals surface area contributed by atoms with Gasteiger partial charge in [-0.15, -0.1) is 0 Å². The maximum absolute atomic E-state index is 12.8. The maximum atomic E-state index is 12.8. The fraction of sp³-hybridized carbons (Fsp3) is 0.522. The van der Waals surface area contributed by atoms with Crippen LogP contribution in [0.3, 0.4) is 0 Å². The highest BCUT2D eigenvalue weighted by Gasteiger charge is 2.24. The predicted molar refractivity (Wildman–Crippen MR) is 113 cm³/mol. The van der Waals surface area contributed by atoms with Crippen LogP contribution in [0.1, 0.15) is 41.4 Å². The molecule has 1 amide bonds. The van der Waals surface area contributed by atoms with E-state index < -0.39 is 0 Å². The van der Waals surface area contributed by atoms with Crippen molar-refractivity contribution in [3.63, 3.8) is 0 Å². The van der Waals surface area contributed by atoms with Crippen LogP contribution in [0, 0.1) is 12.8 Å².